The van der Waals surface area contributed by atoms with E-state index in [-0.39, 0.29) is 17.1 Å². The van der Waals surface area contributed by atoms with E-state index < -0.39 is 0 Å². The number of fused-ring (bicyclic) bond motifs is 1. The second-order valence-corrected chi connectivity index (χ2v) is 7.84. The van der Waals surface area contributed by atoms with Crippen LogP contribution in [0.2, 0.25) is 0 Å². The van der Waals surface area contributed by atoms with Gasteiger partial charge >= 0.3 is 0 Å². The molecule has 1 atom stereocenters. The summed E-state index contributed by atoms with van der Waals surface area (Å²) in [7, 11) is 0. The average molecular weight is 367 g/mol. The van der Waals surface area contributed by atoms with Gasteiger partial charge in [0.2, 0.25) is 11.8 Å². The molecule has 2 heterocycles. The third-order valence-corrected chi connectivity index (χ3v) is 5.60. The third kappa shape index (κ3) is 4.91. The second-order valence-electron chi connectivity index (χ2n) is 5.40. The quantitative estimate of drug-likeness (QED) is 0.446. The fraction of sp³-hybridized carbons (Fsp3) is 0.500. The Morgan fingerprint density at radius 2 is 2.00 bits per heavy atom. The Balaban J connectivity index is 2.04. The van der Waals surface area contributed by atoms with Crippen LogP contribution in [0.5, 0.6) is 0 Å². The highest BCUT2D eigenvalue weighted by Gasteiger charge is 2.18. The summed E-state index contributed by atoms with van der Waals surface area (Å²) in [4.78, 5) is 34.2. The fourth-order valence-electron chi connectivity index (χ4n) is 2.10. The highest BCUT2D eigenvalue weighted by Crippen LogP contribution is 2.33. The molecule has 0 aliphatic carbocycles. The zero-order valence-corrected chi connectivity index (χ0v) is 15.9. The zero-order chi connectivity index (χ0) is 17.7. The molecule has 24 heavy (non-hydrogen) atoms. The lowest BCUT2D eigenvalue weighted by Crippen LogP contribution is -2.37. The van der Waals surface area contributed by atoms with E-state index in [1.807, 2.05) is 13.8 Å². The first-order valence-corrected chi connectivity index (χ1v) is 9.56. The lowest BCUT2D eigenvalue weighted by molar-refractivity contribution is -0.121. The zero-order valence-electron chi connectivity index (χ0n) is 14.3. The van der Waals surface area contributed by atoms with Crippen LogP contribution in [0.15, 0.2) is 11.1 Å². The van der Waals surface area contributed by atoms with E-state index in [0.29, 0.717) is 18.9 Å². The first-order valence-electron chi connectivity index (χ1n) is 7.86. The van der Waals surface area contributed by atoms with Gasteiger partial charge in [-0.25, -0.2) is 9.97 Å². The molecule has 0 saturated carbocycles. The normalized spacial score (nSPS) is 12.2. The first kappa shape index (κ1) is 18.7. The van der Waals surface area contributed by atoms with Crippen molar-refractivity contribution in [1.82, 2.24) is 20.6 Å². The molecule has 8 heteroatoms. The van der Waals surface area contributed by atoms with E-state index >= 15 is 0 Å². The van der Waals surface area contributed by atoms with Gasteiger partial charge in [0.05, 0.1) is 5.25 Å². The van der Waals surface area contributed by atoms with Crippen molar-refractivity contribution in [2.24, 2.45) is 0 Å². The molecule has 2 aromatic heterocycles. The summed E-state index contributed by atoms with van der Waals surface area (Å²) in [5.41, 5.74) is 0. The lowest BCUT2D eigenvalue weighted by Gasteiger charge is -2.12. The van der Waals surface area contributed by atoms with Crippen LogP contribution < -0.4 is 10.6 Å². The molecular weight excluding hydrogens is 344 g/mol. The molecule has 2 rings (SSSR count). The number of aryl methyl sites for hydroxylation is 2. The molecule has 6 nitrogen and oxygen atoms in total. The van der Waals surface area contributed by atoms with Crippen molar-refractivity contribution in [1.29, 1.82) is 0 Å². The van der Waals surface area contributed by atoms with Gasteiger partial charge < -0.3 is 10.6 Å². The molecule has 0 fully saturated rings. The van der Waals surface area contributed by atoms with E-state index in [0.717, 1.165) is 21.7 Å². The third-order valence-electron chi connectivity index (χ3n) is 3.32. The number of nitrogens with one attached hydrogen (secondary N) is 2. The average Bonchev–Trinajstić information content (AvgIpc) is 2.94. The molecule has 0 aromatic carbocycles. The summed E-state index contributed by atoms with van der Waals surface area (Å²) in [5.74, 6) is 0.545. The topological polar surface area (TPSA) is 84.0 Å². The van der Waals surface area contributed by atoms with Gasteiger partial charge in [-0.1, -0.05) is 18.7 Å². The summed E-state index contributed by atoms with van der Waals surface area (Å²) >= 11 is 3.12. The number of rotatable bonds is 7. The summed E-state index contributed by atoms with van der Waals surface area (Å²) in [5, 5.41) is 7.06. The molecule has 1 unspecified atom stereocenters. The van der Waals surface area contributed by atoms with E-state index in [9.17, 15) is 9.59 Å². The largest absolute Gasteiger partial charge is 0.355 e. The fourth-order valence-corrected chi connectivity index (χ4v) is 4.17. The Morgan fingerprint density at radius 1 is 1.29 bits per heavy atom. The van der Waals surface area contributed by atoms with Crippen LogP contribution in [0.1, 0.15) is 31.5 Å². The molecule has 0 saturated heterocycles. The van der Waals surface area contributed by atoms with Crippen molar-refractivity contribution in [3.63, 3.8) is 0 Å². The first-order chi connectivity index (χ1) is 11.4. The molecule has 0 spiro atoms. The van der Waals surface area contributed by atoms with Gasteiger partial charge in [-0.3, -0.25) is 9.59 Å². The van der Waals surface area contributed by atoms with E-state index in [2.05, 4.69) is 33.6 Å². The summed E-state index contributed by atoms with van der Waals surface area (Å²) in [6, 6.07) is 2.11. The van der Waals surface area contributed by atoms with Crippen LogP contribution in [-0.2, 0) is 16.0 Å². The number of nitrogens with zero attached hydrogens (tertiary/aromatic N) is 2. The molecule has 0 bridgehead atoms. The Labute approximate surface area is 149 Å². The Bertz CT molecular complexity index is 745. The van der Waals surface area contributed by atoms with Gasteiger partial charge in [-0.2, -0.15) is 0 Å². The number of hydrogen-bond acceptors (Lipinski definition) is 6. The van der Waals surface area contributed by atoms with Gasteiger partial charge in [0.15, 0.2) is 0 Å². The minimum Gasteiger partial charge on any atom is -0.355 e. The minimum absolute atomic E-state index is 0.0688. The Morgan fingerprint density at radius 3 is 2.67 bits per heavy atom. The number of amides is 2. The van der Waals surface area contributed by atoms with Crippen LogP contribution in [-0.4, -0.2) is 40.1 Å². The van der Waals surface area contributed by atoms with Crippen LogP contribution >= 0.6 is 23.1 Å². The molecule has 2 amide bonds. The molecule has 2 N–H and O–H groups in total. The maximum atomic E-state index is 12.2. The predicted molar refractivity (Wildman–Crippen MR) is 98.5 cm³/mol. The van der Waals surface area contributed by atoms with Gasteiger partial charge in [-0.05, 0) is 26.3 Å². The molecule has 130 valence electrons. The van der Waals surface area contributed by atoms with Gasteiger partial charge in [-0.15, -0.1) is 11.3 Å². The number of thiophene rings is 1. The Hall–Kier alpha value is -1.67. The molecule has 0 aliphatic heterocycles. The van der Waals surface area contributed by atoms with Crippen molar-refractivity contribution >= 4 is 45.1 Å². The van der Waals surface area contributed by atoms with Gasteiger partial charge in [0, 0.05) is 30.3 Å². The van der Waals surface area contributed by atoms with Crippen molar-refractivity contribution in [2.45, 2.75) is 44.4 Å². The van der Waals surface area contributed by atoms with Crippen LogP contribution in [0.4, 0.5) is 0 Å². The standard InChI is InChI=1S/C16H22N4O2S2/c1-5-12-8-13-15(19-10(3)20-16(13)24-12)23-9(2)14(22)18-7-6-17-11(4)21/h8-9H,5-7H2,1-4H3,(H,17,21)(H,18,22). The lowest BCUT2D eigenvalue weighted by atomic mass is 10.3. The highest BCUT2D eigenvalue weighted by molar-refractivity contribution is 8.00. The number of carbonyl (C=O) groups is 2. The van der Waals surface area contributed by atoms with E-state index in [1.165, 1.54) is 23.6 Å². The van der Waals surface area contributed by atoms with E-state index in [4.69, 9.17) is 0 Å². The van der Waals surface area contributed by atoms with Crippen LogP contribution in [0.3, 0.4) is 0 Å². The van der Waals surface area contributed by atoms with Crippen molar-refractivity contribution in [3.8, 4) is 0 Å². The number of carbonyl (C=O) groups excluding carboxylic acids is 2. The summed E-state index contributed by atoms with van der Waals surface area (Å²) < 4.78 is 0. The molecule has 0 radical (unpaired) electrons. The molecule has 0 aliphatic rings. The van der Waals surface area contributed by atoms with Crippen molar-refractivity contribution in [3.05, 3.63) is 16.8 Å². The predicted octanol–water partition coefficient (Wildman–Crippen LogP) is 2.30. The van der Waals surface area contributed by atoms with Crippen molar-refractivity contribution < 1.29 is 9.59 Å². The Kier molecular flexibility index (Phi) is 6.56. The monoisotopic (exact) mass is 366 g/mol. The van der Waals surface area contributed by atoms with E-state index in [1.54, 1.807) is 11.3 Å². The van der Waals surface area contributed by atoms with Crippen LogP contribution in [0, 0.1) is 6.92 Å². The maximum Gasteiger partial charge on any atom is 0.233 e. The number of aromatic nitrogens is 2. The maximum absolute atomic E-state index is 12.2. The van der Waals surface area contributed by atoms with Crippen molar-refractivity contribution in [2.75, 3.05) is 13.1 Å². The summed E-state index contributed by atoms with van der Waals surface area (Å²) in [6.07, 6.45) is 0.962. The van der Waals surface area contributed by atoms with Gasteiger partial charge in [0.25, 0.3) is 0 Å². The second kappa shape index (κ2) is 8.43. The van der Waals surface area contributed by atoms with Crippen LogP contribution in [0.25, 0.3) is 10.2 Å². The smallest absolute Gasteiger partial charge is 0.233 e. The number of thioether (sulfide) groups is 1. The highest BCUT2D eigenvalue weighted by atomic mass is 32.2. The number of hydrogen-bond donors (Lipinski definition) is 2. The summed E-state index contributed by atoms with van der Waals surface area (Å²) in [6.45, 7) is 8.14. The SMILES string of the molecule is CCc1cc2c(SC(C)C(=O)NCCNC(C)=O)nc(C)nc2s1. The van der Waals surface area contributed by atoms with Gasteiger partial charge in [0.1, 0.15) is 15.7 Å². The minimum atomic E-state index is -0.273. The molecule has 2 aromatic rings. The molecular formula is C16H22N4O2S2.